The monoisotopic (exact) mass is 442 g/mol. The predicted molar refractivity (Wildman–Crippen MR) is 131 cm³/mol. The second kappa shape index (κ2) is 6.64. The first-order valence-corrected chi connectivity index (χ1v) is 13.8. The van der Waals surface area contributed by atoms with E-state index in [0.29, 0.717) is 39.9 Å². The Labute approximate surface area is 197 Å². The lowest BCUT2D eigenvalue weighted by molar-refractivity contribution is -0.238. The topological polar surface area (TPSA) is 37.3 Å². The van der Waals surface area contributed by atoms with Crippen LogP contribution in [0, 0.1) is 56.2 Å². The van der Waals surface area contributed by atoms with Crippen molar-refractivity contribution in [3.8, 4) is 0 Å². The first-order valence-electron chi connectivity index (χ1n) is 13.8. The maximum atomic E-state index is 13.0. The zero-order valence-electron chi connectivity index (χ0n) is 22.3. The van der Waals surface area contributed by atoms with Crippen LogP contribution in [0.4, 0.5) is 0 Å². The molecule has 0 aromatic heterocycles. The van der Waals surface area contributed by atoms with Gasteiger partial charge in [-0.25, -0.2) is 0 Å². The van der Waals surface area contributed by atoms with Gasteiger partial charge in [-0.1, -0.05) is 55.4 Å². The molecule has 5 fully saturated rings. The van der Waals surface area contributed by atoms with Crippen LogP contribution in [0.25, 0.3) is 0 Å². The highest BCUT2D eigenvalue weighted by atomic mass is 16.3. The molecule has 182 valence electrons. The summed E-state index contributed by atoms with van der Waals surface area (Å²) in [7, 11) is 0. The number of carbonyl (C=O) groups is 1. The molecule has 0 radical (unpaired) electrons. The molecule has 0 aromatic rings. The highest BCUT2D eigenvalue weighted by Crippen LogP contribution is 2.76. The first-order chi connectivity index (χ1) is 14.6. The van der Waals surface area contributed by atoms with Crippen LogP contribution >= 0.6 is 0 Å². The van der Waals surface area contributed by atoms with Gasteiger partial charge in [0.25, 0.3) is 0 Å². The lowest BCUT2D eigenvalue weighted by Gasteiger charge is -2.72. The molecule has 9 atom stereocenters. The number of aliphatic hydroxyl groups excluding tert-OH is 1. The van der Waals surface area contributed by atoms with Crippen molar-refractivity contribution in [2.45, 2.75) is 126 Å². The Morgan fingerprint density at radius 1 is 0.625 bits per heavy atom. The Morgan fingerprint density at radius 3 is 1.81 bits per heavy atom. The number of Topliss-reactive ketones (excluding diaryl/α,β-unsaturated/α-hetero) is 1. The highest BCUT2D eigenvalue weighted by molar-refractivity contribution is 5.89. The summed E-state index contributed by atoms with van der Waals surface area (Å²) in [5, 5.41) is 10.9. The third-order valence-electron chi connectivity index (χ3n) is 13.1. The number of fused-ring (bicyclic) bond motifs is 7. The van der Waals surface area contributed by atoms with E-state index in [9.17, 15) is 9.90 Å². The molecule has 0 unspecified atom stereocenters. The van der Waals surface area contributed by atoms with Crippen molar-refractivity contribution in [2.24, 2.45) is 56.2 Å². The minimum Gasteiger partial charge on any atom is -0.385 e. The summed E-state index contributed by atoms with van der Waals surface area (Å²) in [5.41, 5.74) is 1.48. The van der Waals surface area contributed by atoms with E-state index in [0.717, 1.165) is 18.3 Å². The summed E-state index contributed by atoms with van der Waals surface area (Å²) in [5.74, 6) is 2.78. The van der Waals surface area contributed by atoms with Crippen LogP contribution in [-0.2, 0) is 4.79 Å². The Hall–Kier alpha value is -0.370. The average Bonchev–Trinajstić information content (AvgIpc) is 2.67. The molecule has 0 bridgehead atoms. The van der Waals surface area contributed by atoms with Crippen LogP contribution < -0.4 is 0 Å². The van der Waals surface area contributed by atoms with Gasteiger partial charge < -0.3 is 5.11 Å². The van der Waals surface area contributed by atoms with Crippen molar-refractivity contribution in [1.82, 2.24) is 0 Å². The van der Waals surface area contributed by atoms with E-state index in [-0.39, 0.29) is 11.2 Å². The summed E-state index contributed by atoms with van der Waals surface area (Å²) in [6.45, 7) is 19.7. The minimum absolute atomic E-state index is 0.0811. The minimum atomic E-state index is -0.768. The van der Waals surface area contributed by atoms with Gasteiger partial charge >= 0.3 is 0 Å². The molecule has 5 aliphatic carbocycles. The summed E-state index contributed by atoms with van der Waals surface area (Å²) < 4.78 is 0. The Balaban J connectivity index is 1.53. The van der Waals surface area contributed by atoms with Crippen molar-refractivity contribution in [1.29, 1.82) is 0 Å². The zero-order valence-corrected chi connectivity index (χ0v) is 22.3. The maximum Gasteiger partial charge on any atom is 0.167 e. The fourth-order valence-corrected chi connectivity index (χ4v) is 11.6. The number of ketones is 1. The number of aliphatic hydroxyl groups is 1. The molecule has 5 rings (SSSR count). The summed E-state index contributed by atoms with van der Waals surface area (Å²) in [6, 6.07) is 0. The van der Waals surface area contributed by atoms with Gasteiger partial charge in [0.05, 0.1) is 0 Å². The molecule has 0 amide bonds. The fraction of sp³-hybridized carbons (Fsp3) is 0.967. The zero-order chi connectivity index (χ0) is 23.5. The van der Waals surface area contributed by atoms with E-state index in [2.05, 4.69) is 55.4 Å². The van der Waals surface area contributed by atoms with Crippen LogP contribution in [-0.4, -0.2) is 17.0 Å². The van der Waals surface area contributed by atoms with Gasteiger partial charge in [-0.3, -0.25) is 4.79 Å². The lowest BCUT2D eigenvalue weighted by atomic mass is 9.32. The third kappa shape index (κ3) is 2.83. The molecule has 0 spiro atoms. The van der Waals surface area contributed by atoms with Crippen molar-refractivity contribution >= 4 is 5.78 Å². The number of hydrogen-bond acceptors (Lipinski definition) is 2. The largest absolute Gasteiger partial charge is 0.385 e. The molecule has 2 heteroatoms. The highest BCUT2D eigenvalue weighted by Gasteiger charge is 2.69. The molecular formula is C30H50O2. The molecule has 0 aliphatic heterocycles. The van der Waals surface area contributed by atoms with Crippen LogP contribution in [0.1, 0.15) is 120 Å². The molecule has 1 N–H and O–H groups in total. The van der Waals surface area contributed by atoms with Crippen molar-refractivity contribution < 1.29 is 9.90 Å². The van der Waals surface area contributed by atoms with Crippen LogP contribution in [0.15, 0.2) is 0 Å². The van der Waals surface area contributed by atoms with Crippen LogP contribution in [0.3, 0.4) is 0 Å². The van der Waals surface area contributed by atoms with Crippen molar-refractivity contribution in [2.75, 3.05) is 0 Å². The summed E-state index contributed by atoms with van der Waals surface area (Å²) in [4.78, 5) is 13.0. The SMILES string of the molecule is CC1(C)CC[C@@]2(C)CC[C@@H]3[C@@]4(C)CC[C@H]5C(C)(C)C(=O)[C@@H](O)C[C@@]5(C)[C@@H]4CC[C@]3(C)[C@H]2C1. The van der Waals surface area contributed by atoms with Gasteiger partial charge in [0, 0.05) is 5.41 Å². The Kier molecular flexibility index (Phi) is 4.85. The Bertz CT molecular complexity index is 812. The molecule has 0 aromatic carbocycles. The van der Waals surface area contributed by atoms with E-state index in [1.165, 1.54) is 51.4 Å². The van der Waals surface area contributed by atoms with Gasteiger partial charge in [-0.15, -0.1) is 0 Å². The lowest BCUT2D eigenvalue weighted by Crippen LogP contribution is -2.67. The maximum absolute atomic E-state index is 13.0. The molecule has 32 heavy (non-hydrogen) atoms. The Morgan fingerprint density at radius 2 is 1.16 bits per heavy atom. The predicted octanol–water partition coefficient (Wildman–Crippen LogP) is 7.43. The van der Waals surface area contributed by atoms with E-state index in [1.807, 2.05) is 0 Å². The number of rotatable bonds is 0. The van der Waals surface area contributed by atoms with E-state index < -0.39 is 11.5 Å². The molecule has 2 nitrogen and oxygen atoms in total. The first kappa shape index (κ1) is 23.4. The third-order valence-corrected chi connectivity index (χ3v) is 13.1. The second-order valence-electron chi connectivity index (χ2n) is 15.7. The van der Waals surface area contributed by atoms with Gasteiger partial charge in [0.15, 0.2) is 5.78 Å². The summed E-state index contributed by atoms with van der Waals surface area (Å²) >= 11 is 0. The standard InChI is InChI=1S/C30H50O2/c1-25(2)15-16-27(5)12-9-21-28(6)13-10-20-26(3,4)24(32)19(31)17-30(20,8)22(28)11-14-29(21,7)23(27)18-25/h19-23,31H,9-18H2,1-8H3/t19-,20-,21+,22+,23-,27+,28+,29-,30+/m0/s1. The van der Waals surface area contributed by atoms with E-state index in [1.54, 1.807) is 0 Å². The second-order valence-corrected chi connectivity index (χ2v) is 15.7. The number of hydrogen-bond donors (Lipinski definition) is 1. The van der Waals surface area contributed by atoms with E-state index in [4.69, 9.17) is 0 Å². The average molecular weight is 443 g/mol. The summed E-state index contributed by atoms with van der Waals surface area (Å²) in [6.07, 6.45) is 12.0. The van der Waals surface area contributed by atoms with Crippen LogP contribution in [0.2, 0.25) is 0 Å². The fourth-order valence-electron chi connectivity index (χ4n) is 11.6. The molecule has 0 heterocycles. The van der Waals surface area contributed by atoms with E-state index >= 15 is 0 Å². The number of carbonyl (C=O) groups excluding carboxylic acids is 1. The molecule has 5 aliphatic rings. The van der Waals surface area contributed by atoms with Gasteiger partial charge in [-0.05, 0) is 115 Å². The molecule has 0 saturated heterocycles. The van der Waals surface area contributed by atoms with Crippen molar-refractivity contribution in [3.05, 3.63) is 0 Å². The molecular weight excluding hydrogens is 392 g/mol. The van der Waals surface area contributed by atoms with Gasteiger partial charge in [0.1, 0.15) is 6.10 Å². The van der Waals surface area contributed by atoms with Crippen molar-refractivity contribution in [3.63, 3.8) is 0 Å². The van der Waals surface area contributed by atoms with Gasteiger partial charge in [0.2, 0.25) is 0 Å². The smallest absolute Gasteiger partial charge is 0.167 e. The van der Waals surface area contributed by atoms with Crippen LogP contribution in [0.5, 0.6) is 0 Å². The normalized spacial score (nSPS) is 56.4. The quantitative estimate of drug-likeness (QED) is 0.423. The molecule has 5 saturated carbocycles. The van der Waals surface area contributed by atoms with Gasteiger partial charge in [-0.2, -0.15) is 0 Å².